The zero-order valence-electron chi connectivity index (χ0n) is 23.1. The van der Waals surface area contributed by atoms with Crippen LogP contribution in [0.5, 0.6) is 17.2 Å². The van der Waals surface area contributed by atoms with Crippen molar-refractivity contribution in [1.82, 2.24) is 13.7 Å². The molecule has 12 nitrogen and oxygen atoms in total. The molecule has 0 aliphatic heterocycles. The number of pyridine rings is 3. The third-order valence-electron chi connectivity index (χ3n) is 5.84. The van der Waals surface area contributed by atoms with Gasteiger partial charge in [-0.25, -0.2) is 0 Å². The Morgan fingerprint density at radius 1 is 0.725 bits per heavy atom. The van der Waals surface area contributed by atoms with E-state index in [1.807, 2.05) is 23.6 Å². The molecule has 3 heterocycles. The van der Waals surface area contributed by atoms with Crippen LogP contribution in [-0.2, 0) is 24.4 Å². The Bertz CT molecular complexity index is 1520. The quantitative estimate of drug-likeness (QED) is 0.353. The molecule has 0 saturated carbocycles. The van der Waals surface area contributed by atoms with Gasteiger partial charge in [-0.15, -0.1) is 0 Å². The van der Waals surface area contributed by atoms with Gasteiger partial charge in [-0.05, 0) is 34.1 Å². The predicted octanol–water partition coefficient (Wildman–Crippen LogP) is 2.45. The van der Waals surface area contributed by atoms with Crippen LogP contribution in [0.2, 0.25) is 0 Å². The Hall–Kier alpha value is -4.81. The largest absolute Gasteiger partial charge is 0.503 e. The summed E-state index contributed by atoms with van der Waals surface area (Å²) in [5.74, 6) is -0.679. The van der Waals surface area contributed by atoms with Crippen molar-refractivity contribution in [3.63, 3.8) is 0 Å². The van der Waals surface area contributed by atoms with Gasteiger partial charge in [0, 0.05) is 63.1 Å². The van der Waals surface area contributed by atoms with E-state index < -0.39 is 5.43 Å². The number of aromatic nitrogens is 3. The van der Waals surface area contributed by atoms with Gasteiger partial charge in [-0.1, -0.05) is 0 Å². The highest BCUT2D eigenvalue weighted by Gasteiger charge is 2.05. The molecular weight excluding hydrogens is 518 g/mol. The zero-order chi connectivity index (χ0) is 30.2. The minimum absolute atomic E-state index is 0.139. The average Bonchev–Trinajstić information content (AvgIpc) is 2.94. The molecule has 3 aromatic heterocycles. The summed E-state index contributed by atoms with van der Waals surface area (Å²) in [7, 11) is 0. The molecular formula is C28H35N5O7. The summed E-state index contributed by atoms with van der Waals surface area (Å²) in [6, 6.07) is 7.82. The molecule has 12 heteroatoms. The number of nitrogens with zero attached hydrogens (tertiary/aromatic N) is 5. The lowest BCUT2D eigenvalue weighted by molar-refractivity contribution is 0.141. The molecule has 214 valence electrons. The van der Waals surface area contributed by atoms with E-state index in [1.165, 1.54) is 29.0 Å². The third kappa shape index (κ3) is 9.82. The number of ether oxygens (including phenoxy) is 1. The Morgan fingerprint density at radius 3 is 1.57 bits per heavy atom. The lowest BCUT2D eigenvalue weighted by Gasteiger charge is -2.11. The SMILES string of the molecule is CCOCCCn1ccc(=O)c(O)c1C.Cc1c(O)c(=O)ccn1CC#N.Cc1c(O)c(=O)ccn1CCC#N. The van der Waals surface area contributed by atoms with Crippen molar-refractivity contribution in [2.24, 2.45) is 0 Å². The summed E-state index contributed by atoms with van der Waals surface area (Å²) in [6.07, 6.45) is 6.00. The lowest BCUT2D eigenvalue weighted by Crippen LogP contribution is -2.11. The van der Waals surface area contributed by atoms with Crippen molar-refractivity contribution < 1.29 is 20.1 Å². The number of hydrogen-bond acceptors (Lipinski definition) is 9. The highest BCUT2D eigenvalue weighted by atomic mass is 16.5. The summed E-state index contributed by atoms with van der Waals surface area (Å²) in [6.45, 7) is 9.72. The molecule has 40 heavy (non-hydrogen) atoms. The second kappa shape index (κ2) is 16.9. The second-order valence-electron chi connectivity index (χ2n) is 8.47. The number of nitriles is 2. The van der Waals surface area contributed by atoms with Crippen LogP contribution in [0.15, 0.2) is 51.2 Å². The van der Waals surface area contributed by atoms with Crippen LogP contribution in [0.3, 0.4) is 0 Å². The fourth-order valence-corrected chi connectivity index (χ4v) is 3.37. The lowest BCUT2D eigenvalue weighted by atomic mass is 10.3. The van der Waals surface area contributed by atoms with Gasteiger partial charge in [-0.2, -0.15) is 10.5 Å². The van der Waals surface area contributed by atoms with Crippen LogP contribution in [-0.4, -0.2) is 42.2 Å². The minimum atomic E-state index is -0.415. The topological polar surface area (TPSA) is 183 Å². The van der Waals surface area contributed by atoms with Gasteiger partial charge >= 0.3 is 0 Å². The van der Waals surface area contributed by atoms with E-state index in [0.717, 1.165) is 13.0 Å². The fourth-order valence-electron chi connectivity index (χ4n) is 3.37. The van der Waals surface area contributed by atoms with E-state index in [-0.39, 0.29) is 34.7 Å². The van der Waals surface area contributed by atoms with Crippen molar-refractivity contribution in [2.75, 3.05) is 13.2 Å². The molecule has 0 radical (unpaired) electrons. The fraction of sp³-hybridized carbons (Fsp3) is 0.393. The first-order valence-corrected chi connectivity index (χ1v) is 12.5. The zero-order valence-corrected chi connectivity index (χ0v) is 23.1. The maximum Gasteiger partial charge on any atom is 0.223 e. The summed E-state index contributed by atoms with van der Waals surface area (Å²) in [5.41, 5.74) is 0.409. The molecule has 0 aliphatic rings. The van der Waals surface area contributed by atoms with E-state index >= 15 is 0 Å². The molecule has 0 aromatic carbocycles. The van der Waals surface area contributed by atoms with E-state index in [1.54, 1.807) is 37.7 Å². The maximum atomic E-state index is 11.1. The second-order valence-corrected chi connectivity index (χ2v) is 8.47. The molecule has 0 aliphatic carbocycles. The number of aromatic hydroxyl groups is 3. The van der Waals surface area contributed by atoms with Crippen LogP contribution in [0.4, 0.5) is 0 Å². The molecule has 3 aromatic rings. The minimum Gasteiger partial charge on any atom is -0.503 e. The van der Waals surface area contributed by atoms with Gasteiger partial charge in [0.05, 0.1) is 35.6 Å². The first-order chi connectivity index (χ1) is 19.0. The Labute approximate surface area is 231 Å². The van der Waals surface area contributed by atoms with Crippen LogP contribution < -0.4 is 16.3 Å². The molecule has 0 spiro atoms. The number of aryl methyl sites for hydroxylation is 2. The van der Waals surface area contributed by atoms with Gasteiger partial charge < -0.3 is 33.8 Å². The van der Waals surface area contributed by atoms with E-state index in [4.69, 9.17) is 15.3 Å². The Kier molecular flexibility index (Phi) is 14.0. The smallest absolute Gasteiger partial charge is 0.223 e. The highest BCUT2D eigenvalue weighted by molar-refractivity contribution is 5.26. The summed E-state index contributed by atoms with van der Waals surface area (Å²) < 4.78 is 10.3. The Balaban J connectivity index is 0.000000302. The van der Waals surface area contributed by atoms with Crippen molar-refractivity contribution in [1.29, 1.82) is 10.5 Å². The van der Waals surface area contributed by atoms with Gasteiger partial charge in [0.25, 0.3) is 0 Å². The summed E-state index contributed by atoms with van der Waals surface area (Å²) in [4.78, 5) is 32.9. The van der Waals surface area contributed by atoms with Crippen molar-refractivity contribution in [3.05, 3.63) is 84.5 Å². The van der Waals surface area contributed by atoms with Crippen molar-refractivity contribution in [2.45, 2.75) is 60.2 Å². The normalized spacial score (nSPS) is 9.85. The molecule has 0 amide bonds. The number of hydrogen-bond donors (Lipinski definition) is 3. The van der Waals surface area contributed by atoms with Gasteiger partial charge in [0.2, 0.25) is 16.3 Å². The van der Waals surface area contributed by atoms with Gasteiger partial charge in [0.15, 0.2) is 17.2 Å². The third-order valence-corrected chi connectivity index (χ3v) is 5.84. The molecule has 0 atom stereocenters. The summed E-state index contributed by atoms with van der Waals surface area (Å²) >= 11 is 0. The molecule has 0 bridgehead atoms. The van der Waals surface area contributed by atoms with Crippen molar-refractivity contribution in [3.8, 4) is 29.4 Å². The molecule has 0 fully saturated rings. The Morgan fingerprint density at radius 2 is 1.15 bits per heavy atom. The van der Waals surface area contributed by atoms with Gasteiger partial charge in [-0.3, -0.25) is 14.4 Å². The maximum absolute atomic E-state index is 11.1. The van der Waals surface area contributed by atoms with Crippen LogP contribution >= 0.6 is 0 Å². The van der Waals surface area contributed by atoms with E-state index in [2.05, 4.69) is 0 Å². The summed E-state index contributed by atoms with van der Waals surface area (Å²) in [5, 5.41) is 44.6. The van der Waals surface area contributed by atoms with Crippen LogP contribution in [0.25, 0.3) is 0 Å². The van der Waals surface area contributed by atoms with Crippen LogP contribution in [0, 0.1) is 43.4 Å². The first kappa shape index (κ1) is 33.2. The number of rotatable bonds is 8. The molecule has 3 rings (SSSR count). The van der Waals surface area contributed by atoms with E-state index in [9.17, 15) is 29.7 Å². The average molecular weight is 554 g/mol. The standard InChI is InChI=1S/C11H17NO3.C9H10N2O2.C8H8N2O2/c1-3-15-8-4-6-12-7-5-10(13)11(14)9(12)2;1-7-9(13)8(12)3-6-11(7)5-2-4-10;1-6-8(12)7(11)2-4-10(6)5-3-9/h5,7,14H,3-4,6,8H2,1-2H3;3,6,13H,2,5H2,1H3;2,4,12H,5H2,1H3. The molecule has 3 N–H and O–H groups in total. The first-order valence-electron chi connectivity index (χ1n) is 12.5. The highest BCUT2D eigenvalue weighted by Crippen LogP contribution is 2.10. The van der Waals surface area contributed by atoms with Crippen molar-refractivity contribution >= 4 is 0 Å². The predicted molar refractivity (Wildman–Crippen MR) is 148 cm³/mol. The van der Waals surface area contributed by atoms with Gasteiger partial charge in [0.1, 0.15) is 6.54 Å². The van der Waals surface area contributed by atoms with E-state index in [0.29, 0.717) is 43.3 Å². The van der Waals surface area contributed by atoms with Crippen LogP contribution in [0.1, 0.15) is 36.8 Å². The molecule has 0 unspecified atom stereocenters. The monoisotopic (exact) mass is 553 g/mol. The molecule has 0 saturated heterocycles.